The second kappa shape index (κ2) is 8.89. The van der Waals surface area contributed by atoms with E-state index < -0.39 is 5.97 Å². The molecule has 0 bridgehead atoms. The number of hydrogen-bond donors (Lipinski definition) is 1. The number of ether oxygens (including phenoxy) is 1. The van der Waals surface area contributed by atoms with Crippen LogP contribution in [0.5, 0.6) is 0 Å². The van der Waals surface area contributed by atoms with Gasteiger partial charge in [0, 0.05) is 29.2 Å². The van der Waals surface area contributed by atoms with Gasteiger partial charge in [-0.15, -0.1) is 0 Å². The molecule has 0 saturated heterocycles. The van der Waals surface area contributed by atoms with E-state index in [0.717, 1.165) is 47.0 Å². The molecular formula is C26H27FN2O4. The number of aliphatic carboxylic acids is 1. The maximum Gasteiger partial charge on any atom is 0.410 e. The van der Waals surface area contributed by atoms with Crippen molar-refractivity contribution in [2.75, 3.05) is 6.54 Å². The van der Waals surface area contributed by atoms with E-state index >= 15 is 0 Å². The van der Waals surface area contributed by atoms with Gasteiger partial charge >= 0.3 is 12.1 Å². The van der Waals surface area contributed by atoms with Crippen molar-refractivity contribution in [3.8, 4) is 0 Å². The monoisotopic (exact) mass is 450 g/mol. The Hall–Kier alpha value is -3.35. The molecule has 1 aromatic heterocycles. The molecule has 0 spiro atoms. The van der Waals surface area contributed by atoms with Crippen molar-refractivity contribution < 1.29 is 23.8 Å². The minimum absolute atomic E-state index is 0.0616. The van der Waals surface area contributed by atoms with Crippen molar-refractivity contribution >= 4 is 23.0 Å². The van der Waals surface area contributed by atoms with Crippen LogP contribution >= 0.6 is 0 Å². The Labute approximate surface area is 191 Å². The predicted molar refractivity (Wildman–Crippen MR) is 121 cm³/mol. The van der Waals surface area contributed by atoms with Crippen molar-refractivity contribution in [2.45, 2.75) is 51.3 Å². The lowest BCUT2D eigenvalue weighted by Gasteiger charge is -2.34. The van der Waals surface area contributed by atoms with Crippen molar-refractivity contribution in [1.29, 1.82) is 0 Å². The van der Waals surface area contributed by atoms with Crippen LogP contribution in [0.2, 0.25) is 0 Å². The molecule has 1 fully saturated rings. The van der Waals surface area contributed by atoms with E-state index in [-0.39, 0.29) is 31.1 Å². The van der Waals surface area contributed by atoms with Gasteiger partial charge in [0.1, 0.15) is 19.0 Å². The van der Waals surface area contributed by atoms with Gasteiger partial charge < -0.3 is 19.3 Å². The van der Waals surface area contributed by atoms with Crippen LogP contribution in [0.4, 0.5) is 9.18 Å². The number of nitrogens with zero attached hydrogens (tertiary/aromatic N) is 2. The highest BCUT2D eigenvalue weighted by molar-refractivity contribution is 5.87. The highest BCUT2D eigenvalue weighted by atomic mass is 19.1. The van der Waals surface area contributed by atoms with Crippen LogP contribution in [0.1, 0.15) is 36.1 Å². The van der Waals surface area contributed by atoms with Crippen molar-refractivity contribution in [1.82, 2.24) is 9.47 Å². The van der Waals surface area contributed by atoms with Crippen LogP contribution in [-0.4, -0.2) is 39.2 Å². The number of carbonyl (C=O) groups excluding carboxylic acids is 1. The third-order valence-electron chi connectivity index (χ3n) is 6.73. The van der Waals surface area contributed by atoms with E-state index in [9.17, 15) is 19.1 Å². The third-order valence-corrected chi connectivity index (χ3v) is 6.73. The first-order valence-corrected chi connectivity index (χ1v) is 11.5. The predicted octanol–water partition coefficient (Wildman–Crippen LogP) is 4.77. The molecule has 7 heteroatoms. The lowest BCUT2D eigenvalue weighted by Crippen LogP contribution is -2.45. The summed E-state index contributed by atoms with van der Waals surface area (Å²) in [4.78, 5) is 26.4. The van der Waals surface area contributed by atoms with Gasteiger partial charge in [0.05, 0.1) is 0 Å². The third kappa shape index (κ3) is 4.58. The molecule has 2 aliphatic rings. The molecule has 2 aliphatic carbocycles. The summed E-state index contributed by atoms with van der Waals surface area (Å²) in [5.74, 6) is -0.778. The van der Waals surface area contributed by atoms with Crippen LogP contribution in [0.25, 0.3) is 10.9 Å². The molecule has 2 aromatic carbocycles. The molecular weight excluding hydrogens is 423 g/mol. The summed E-state index contributed by atoms with van der Waals surface area (Å²) in [6, 6.07) is 14.0. The summed E-state index contributed by atoms with van der Waals surface area (Å²) in [5.41, 5.74) is 3.54. The van der Waals surface area contributed by atoms with Gasteiger partial charge in [-0.25, -0.2) is 9.18 Å². The second-order valence-corrected chi connectivity index (χ2v) is 9.10. The smallest absolute Gasteiger partial charge is 0.410 e. The number of fused-ring (bicyclic) bond motifs is 3. The summed E-state index contributed by atoms with van der Waals surface area (Å²) < 4.78 is 21.5. The molecule has 33 heavy (non-hydrogen) atoms. The van der Waals surface area contributed by atoms with Crippen molar-refractivity contribution in [3.63, 3.8) is 0 Å². The largest absolute Gasteiger partial charge is 0.480 e. The molecule has 6 nitrogen and oxygen atoms in total. The van der Waals surface area contributed by atoms with Crippen LogP contribution in [0.15, 0.2) is 48.5 Å². The van der Waals surface area contributed by atoms with Crippen LogP contribution in [0, 0.1) is 11.7 Å². The van der Waals surface area contributed by atoms with E-state index in [2.05, 4.69) is 0 Å². The number of amides is 1. The summed E-state index contributed by atoms with van der Waals surface area (Å²) in [6.45, 7) is 0.727. The Bertz CT molecular complexity index is 1190. The zero-order valence-electron chi connectivity index (χ0n) is 18.4. The average molecular weight is 451 g/mol. The van der Waals surface area contributed by atoms with Crippen LogP contribution in [0.3, 0.4) is 0 Å². The molecule has 1 heterocycles. The first-order chi connectivity index (χ1) is 16.0. The minimum atomic E-state index is -0.930. The van der Waals surface area contributed by atoms with Gasteiger partial charge in [-0.05, 0) is 67.3 Å². The standard InChI is InChI=1S/C26H27FN2O4/c27-19-8-10-23-21(12-19)22-13-20(9-11-24(22)29(23)15-25(30)31)28(14-17-6-7-17)26(32)33-16-18-4-2-1-3-5-18/h1-5,8,10,12,17,20H,6-7,9,11,13-16H2,(H,30,31)/t20-/m0/s1. The van der Waals surface area contributed by atoms with Gasteiger partial charge in [0.25, 0.3) is 0 Å². The first kappa shape index (κ1) is 21.5. The van der Waals surface area contributed by atoms with Gasteiger partial charge in [-0.1, -0.05) is 30.3 Å². The molecule has 3 aromatic rings. The Balaban J connectivity index is 1.41. The summed E-state index contributed by atoms with van der Waals surface area (Å²) in [7, 11) is 0. The van der Waals surface area contributed by atoms with Crippen molar-refractivity contribution in [3.05, 3.63) is 71.2 Å². The van der Waals surface area contributed by atoms with E-state index in [1.165, 1.54) is 12.1 Å². The second-order valence-electron chi connectivity index (χ2n) is 9.10. The first-order valence-electron chi connectivity index (χ1n) is 11.5. The van der Waals surface area contributed by atoms with Gasteiger partial charge in [-0.3, -0.25) is 4.79 Å². The molecule has 1 atom stereocenters. The molecule has 1 saturated carbocycles. The topological polar surface area (TPSA) is 71.8 Å². The Morgan fingerprint density at radius 2 is 1.91 bits per heavy atom. The van der Waals surface area contributed by atoms with E-state index in [1.807, 2.05) is 35.2 Å². The quantitative estimate of drug-likeness (QED) is 0.563. The fourth-order valence-electron chi connectivity index (χ4n) is 4.94. The Morgan fingerprint density at radius 1 is 1.12 bits per heavy atom. The highest BCUT2D eigenvalue weighted by Crippen LogP contribution is 2.36. The van der Waals surface area contributed by atoms with Gasteiger partial charge in [0.15, 0.2) is 0 Å². The minimum Gasteiger partial charge on any atom is -0.480 e. The number of carbonyl (C=O) groups is 2. The number of carboxylic acid groups (broad SMARTS) is 1. The molecule has 1 N–H and O–H groups in total. The van der Waals surface area contributed by atoms with E-state index in [0.29, 0.717) is 25.3 Å². The van der Waals surface area contributed by atoms with E-state index in [1.54, 1.807) is 10.6 Å². The Kier molecular flexibility index (Phi) is 5.79. The fourth-order valence-corrected chi connectivity index (χ4v) is 4.94. The summed E-state index contributed by atoms with van der Waals surface area (Å²) in [5, 5.41) is 10.1. The van der Waals surface area contributed by atoms with E-state index in [4.69, 9.17) is 4.74 Å². The number of aromatic nitrogens is 1. The molecule has 0 unspecified atom stereocenters. The molecule has 5 rings (SSSR count). The zero-order chi connectivity index (χ0) is 22.9. The van der Waals surface area contributed by atoms with Crippen LogP contribution < -0.4 is 0 Å². The number of rotatable bonds is 7. The zero-order valence-corrected chi connectivity index (χ0v) is 18.4. The summed E-state index contributed by atoms with van der Waals surface area (Å²) in [6.07, 6.45) is 3.83. The average Bonchev–Trinajstić information content (AvgIpc) is 3.59. The molecule has 0 aliphatic heterocycles. The lowest BCUT2D eigenvalue weighted by atomic mass is 9.90. The maximum absolute atomic E-state index is 14.1. The molecule has 172 valence electrons. The number of hydrogen-bond acceptors (Lipinski definition) is 3. The number of benzene rings is 2. The number of halogens is 1. The maximum atomic E-state index is 14.1. The summed E-state index contributed by atoms with van der Waals surface area (Å²) >= 11 is 0. The molecule has 0 radical (unpaired) electrons. The Morgan fingerprint density at radius 3 is 2.64 bits per heavy atom. The number of carboxylic acids is 1. The normalized spacial score (nSPS) is 17.5. The van der Waals surface area contributed by atoms with Crippen molar-refractivity contribution in [2.24, 2.45) is 5.92 Å². The SMILES string of the molecule is O=C(O)Cn1c2c(c3cc(F)ccc31)C[C@@H](N(CC1CC1)C(=O)OCc1ccccc1)CC2. The molecule has 1 amide bonds. The highest BCUT2D eigenvalue weighted by Gasteiger charge is 2.35. The lowest BCUT2D eigenvalue weighted by molar-refractivity contribution is -0.137. The van der Waals surface area contributed by atoms with Crippen LogP contribution in [-0.2, 0) is 35.5 Å². The van der Waals surface area contributed by atoms with Gasteiger partial charge in [-0.2, -0.15) is 0 Å². The van der Waals surface area contributed by atoms with Gasteiger partial charge in [0.2, 0.25) is 0 Å². The fraction of sp³-hybridized carbons (Fsp3) is 0.385.